The van der Waals surface area contributed by atoms with Crippen LogP contribution in [0, 0.1) is 11.6 Å². The zero-order valence-electron chi connectivity index (χ0n) is 15.6. The number of rotatable bonds is 5. The summed E-state index contributed by atoms with van der Waals surface area (Å²) in [5.74, 6) is -0.394. The molecule has 2 heterocycles. The van der Waals surface area contributed by atoms with Gasteiger partial charge in [-0.3, -0.25) is 4.79 Å². The lowest BCUT2D eigenvalue weighted by Gasteiger charge is -2.29. The highest BCUT2D eigenvalue weighted by Crippen LogP contribution is 2.26. The Kier molecular flexibility index (Phi) is 5.53. The highest BCUT2D eigenvalue weighted by Gasteiger charge is 2.16. The molecule has 4 rings (SSSR count). The Bertz CT molecular complexity index is 1050. The van der Waals surface area contributed by atoms with Crippen molar-refractivity contribution in [3.05, 3.63) is 83.6 Å². The van der Waals surface area contributed by atoms with Crippen LogP contribution in [0.1, 0.15) is 16.1 Å². The molecule has 1 aromatic heterocycles. The third kappa shape index (κ3) is 4.27. The molecule has 0 N–H and O–H groups in total. The van der Waals surface area contributed by atoms with Gasteiger partial charge in [0.1, 0.15) is 23.2 Å². The first-order valence-corrected chi connectivity index (χ1v) is 9.31. The van der Waals surface area contributed by atoms with E-state index in [4.69, 9.17) is 9.15 Å². The normalized spacial score (nSPS) is 14.5. The maximum atomic E-state index is 14.5. The van der Waals surface area contributed by atoms with Crippen LogP contribution in [0.5, 0.6) is 0 Å². The highest BCUT2D eigenvalue weighted by atomic mass is 19.1. The van der Waals surface area contributed by atoms with Crippen molar-refractivity contribution in [3.63, 3.8) is 0 Å². The summed E-state index contributed by atoms with van der Waals surface area (Å²) in [6, 6.07) is 14.0. The van der Waals surface area contributed by atoms with Crippen LogP contribution in [0.2, 0.25) is 0 Å². The summed E-state index contributed by atoms with van der Waals surface area (Å²) in [7, 11) is 0. The molecule has 0 aliphatic carbocycles. The number of benzene rings is 2. The Balaban J connectivity index is 1.47. The number of ether oxygens (including phenoxy) is 1. The lowest BCUT2D eigenvalue weighted by Crippen LogP contribution is -2.36. The molecule has 1 aliphatic heterocycles. The monoisotopic (exact) mass is 395 g/mol. The van der Waals surface area contributed by atoms with Gasteiger partial charge in [0.05, 0.1) is 24.5 Å². The van der Waals surface area contributed by atoms with Crippen LogP contribution in [0.3, 0.4) is 0 Å². The van der Waals surface area contributed by atoms with Gasteiger partial charge >= 0.3 is 0 Å². The predicted octanol–water partition coefficient (Wildman–Crippen LogP) is 4.96. The Hall–Kier alpha value is -3.25. The number of morpholine rings is 1. The van der Waals surface area contributed by atoms with Gasteiger partial charge in [-0.15, -0.1) is 0 Å². The van der Waals surface area contributed by atoms with Gasteiger partial charge in [-0.05, 0) is 54.6 Å². The van der Waals surface area contributed by atoms with E-state index in [1.807, 2.05) is 4.90 Å². The number of ketones is 1. The second-order valence-corrected chi connectivity index (χ2v) is 6.65. The van der Waals surface area contributed by atoms with Crippen LogP contribution in [0.15, 0.2) is 65.1 Å². The molecule has 1 fully saturated rings. The fraction of sp³-hybridized carbons (Fsp3) is 0.174. The molecular formula is C23H19F2NO3. The second-order valence-electron chi connectivity index (χ2n) is 6.65. The van der Waals surface area contributed by atoms with Gasteiger partial charge in [-0.1, -0.05) is 12.1 Å². The quantitative estimate of drug-likeness (QED) is 0.453. The number of carbonyl (C=O) groups is 1. The third-order valence-corrected chi connectivity index (χ3v) is 4.75. The Labute approximate surface area is 167 Å². The zero-order chi connectivity index (χ0) is 20.2. The molecule has 1 aliphatic rings. The fourth-order valence-electron chi connectivity index (χ4n) is 3.22. The van der Waals surface area contributed by atoms with E-state index in [0.717, 1.165) is 0 Å². The summed E-state index contributed by atoms with van der Waals surface area (Å²) in [4.78, 5) is 14.3. The van der Waals surface area contributed by atoms with Crippen molar-refractivity contribution in [1.29, 1.82) is 0 Å². The minimum atomic E-state index is -0.439. The van der Waals surface area contributed by atoms with Crippen LogP contribution in [0.25, 0.3) is 17.4 Å². The van der Waals surface area contributed by atoms with Crippen LogP contribution in [-0.2, 0) is 4.74 Å². The van der Waals surface area contributed by atoms with Gasteiger partial charge in [0, 0.05) is 18.7 Å². The molecule has 0 bridgehead atoms. The largest absolute Gasteiger partial charge is 0.457 e. The minimum absolute atomic E-state index is 0.247. The molecule has 2 aromatic carbocycles. The Morgan fingerprint density at radius 2 is 1.76 bits per heavy atom. The number of carbonyl (C=O) groups excluding carboxylic acids is 1. The van der Waals surface area contributed by atoms with E-state index in [0.29, 0.717) is 49.1 Å². The minimum Gasteiger partial charge on any atom is -0.457 e. The third-order valence-electron chi connectivity index (χ3n) is 4.75. The van der Waals surface area contributed by atoms with Crippen molar-refractivity contribution in [2.24, 2.45) is 0 Å². The average molecular weight is 395 g/mol. The smallest absolute Gasteiger partial charge is 0.186 e. The van der Waals surface area contributed by atoms with Gasteiger partial charge in [0.25, 0.3) is 0 Å². The molecule has 3 aromatic rings. The first-order chi connectivity index (χ1) is 14.1. The average Bonchev–Trinajstić information content (AvgIpc) is 3.21. The topological polar surface area (TPSA) is 42.7 Å². The SMILES string of the molecule is O=C(C=Cc1ccc(-c2ccccc2F)o1)c1ccc(N2CCOCC2)c(F)c1. The summed E-state index contributed by atoms with van der Waals surface area (Å²) >= 11 is 0. The van der Waals surface area contributed by atoms with Crippen molar-refractivity contribution >= 4 is 17.5 Å². The highest BCUT2D eigenvalue weighted by molar-refractivity contribution is 6.06. The van der Waals surface area contributed by atoms with E-state index < -0.39 is 5.82 Å². The second kappa shape index (κ2) is 8.41. The van der Waals surface area contributed by atoms with E-state index in [-0.39, 0.29) is 17.2 Å². The number of nitrogens with zero attached hydrogens (tertiary/aromatic N) is 1. The fourth-order valence-corrected chi connectivity index (χ4v) is 3.22. The van der Waals surface area contributed by atoms with E-state index in [9.17, 15) is 13.6 Å². The molecule has 0 saturated carbocycles. The number of halogens is 2. The number of furan rings is 1. The summed E-state index contributed by atoms with van der Waals surface area (Å²) in [5.41, 5.74) is 1.06. The number of hydrogen-bond acceptors (Lipinski definition) is 4. The van der Waals surface area contributed by atoms with Gasteiger partial charge < -0.3 is 14.1 Å². The zero-order valence-corrected chi connectivity index (χ0v) is 15.6. The molecule has 1 saturated heterocycles. The maximum Gasteiger partial charge on any atom is 0.186 e. The van der Waals surface area contributed by atoms with E-state index in [2.05, 4.69) is 0 Å². The van der Waals surface area contributed by atoms with Crippen molar-refractivity contribution in [2.75, 3.05) is 31.2 Å². The van der Waals surface area contributed by atoms with Crippen LogP contribution in [0.4, 0.5) is 14.5 Å². The van der Waals surface area contributed by atoms with Gasteiger partial charge in [0.15, 0.2) is 5.78 Å². The maximum absolute atomic E-state index is 14.5. The van der Waals surface area contributed by atoms with E-state index >= 15 is 0 Å². The van der Waals surface area contributed by atoms with Crippen LogP contribution in [-0.4, -0.2) is 32.1 Å². The first-order valence-electron chi connectivity index (χ1n) is 9.31. The molecule has 0 atom stereocenters. The van der Waals surface area contributed by atoms with Gasteiger partial charge in [-0.2, -0.15) is 0 Å². The molecule has 6 heteroatoms. The molecule has 0 radical (unpaired) electrons. The molecular weight excluding hydrogens is 376 g/mol. The Morgan fingerprint density at radius 1 is 0.966 bits per heavy atom. The van der Waals surface area contributed by atoms with Gasteiger partial charge in [0.2, 0.25) is 0 Å². The molecule has 0 spiro atoms. The van der Waals surface area contributed by atoms with Gasteiger partial charge in [-0.25, -0.2) is 8.78 Å². The Morgan fingerprint density at radius 3 is 2.52 bits per heavy atom. The summed E-state index contributed by atoms with van der Waals surface area (Å²) < 4.78 is 39.2. The van der Waals surface area contributed by atoms with E-state index in [1.54, 1.807) is 42.5 Å². The van der Waals surface area contributed by atoms with Crippen molar-refractivity contribution in [3.8, 4) is 11.3 Å². The van der Waals surface area contributed by atoms with E-state index in [1.165, 1.54) is 24.3 Å². The predicted molar refractivity (Wildman–Crippen MR) is 107 cm³/mol. The van der Waals surface area contributed by atoms with Crippen molar-refractivity contribution in [2.45, 2.75) is 0 Å². The number of hydrogen-bond donors (Lipinski definition) is 0. The molecule has 4 nitrogen and oxygen atoms in total. The van der Waals surface area contributed by atoms with Crippen molar-refractivity contribution in [1.82, 2.24) is 0 Å². The lowest BCUT2D eigenvalue weighted by molar-refractivity contribution is 0.104. The standard InChI is InChI=1S/C23H19F2NO3/c24-19-4-2-1-3-18(19)23-10-7-17(29-23)6-9-22(27)16-5-8-21(20(25)15-16)26-11-13-28-14-12-26/h1-10,15H,11-14H2. The number of anilines is 1. The summed E-state index contributed by atoms with van der Waals surface area (Å²) in [6.45, 7) is 2.35. The summed E-state index contributed by atoms with van der Waals surface area (Å²) in [6.07, 6.45) is 2.80. The van der Waals surface area contributed by atoms with Crippen LogP contribution >= 0.6 is 0 Å². The van der Waals surface area contributed by atoms with Crippen molar-refractivity contribution < 1.29 is 22.7 Å². The molecule has 0 unspecified atom stereocenters. The first kappa shape index (κ1) is 19.1. The molecule has 29 heavy (non-hydrogen) atoms. The molecule has 0 amide bonds. The molecule has 148 valence electrons. The summed E-state index contributed by atoms with van der Waals surface area (Å²) in [5, 5.41) is 0. The number of allylic oxidation sites excluding steroid dienone is 1. The lowest BCUT2D eigenvalue weighted by atomic mass is 10.1. The van der Waals surface area contributed by atoms with Crippen LogP contribution < -0.4 is 4.90 Å².